The number of hydrogen-bond donors (Lipinski definition) is 1. The Bertz CT molecular complexity index is 425. The van der Waals surface area contributed by atoms with E-state index in [0.29, 0.717) is 6.04 Å². The van der Waals surface area contributed by atoms with Crippen molar-refractivity contribution in [2.45, 2.75) is 31.3 Å². The molecule has 0 aliphatic rings. The van der Waals surface area contributed by atoms with Crippen LogP contribution in [-0.2, 0) is 0 Å². The van der Waals surface area contributed by atoms with Gasteiger partial charge in [-0.2, -0.15) is 5.11 Å². The van der Waals surface area contributed by atoms with E-state index in [4.69, 9.17) is 4.74 Å². The van der Waals surface area contributed by atoms with Crippen LogP contribution in [0.15, 0.2) is 34.6 Å². The Kier molecular flexibility index (Phi) is 7.36. The molecule has 0 amide bonds. The lowest BCUT2D eigenvalue weighted by Crippen LogP contribution is -2.22. The minimum atomic E-state index is 0.0501. The van der Waals surface area contributed by atoms with Crippen LogP contribution in [0.2, 0.25) is 0 Å². The second-order valence-electron chi connectivity index (χ2n) is 4.69. The zero-order valence-corrected chi connectivity index (χ0v) is 14.1. The summed E-state index contributed by atoms with van der Waals surface area (Å²) in [5.41, 5.74) is 1.01. The van der Waals surface area contributed by atoms with Gasteiger partial charge in [0.25, 0.3) is 0 Å². The first-order valence-electron chi connectivity index (χ1n) is 6.68. The fourth-order valence-electron chi connectivity index (χ4n) is 1.69. The fraction of sp³-hybridized carbons (Fsp3) is 0.571. The predicted molar refractivity (Wildman–Crippen MR) is 86.6 cm³/mol. The smallest absolute Gasteiger partial charge is 0.141 e. The van der Waals surface area contributed by atoms with Gasteiger partial charge in [-0.3, -0.25) is 5.01 Å². The monoisotopic (exact) mass is 342 g/mol. The van der Waals surface area contributed by atoms with Gasteiger partial charge in [-0.05, 0) is 32.4 Å². The van der Waals surface area contributed by atoms with Gasteiger partial charge >= 0.3 is 0 Å². The highest BCUT2D eigenvalue weighted by Crippen LogP contribution is 2.24. The molecule has 112 valence electrons. The van der Waals surface area contributed by atoms with E-state index in [2.05, 4.69) is 38.5 Å². The molecule has 0 aromatic heterocycles. The van der Waals surface area contributed by atoms with Crippen molar-refractivity contribution in [2.24, 2.45) is 10.3 Å². The van der Waals surface area contributed by atoms with Crippen LogP contribution in [-0.4, -0.2) is 36.7 Å². The molecule has 0 saturated heterocycles. The molecule has 0 radical (unpaired) electrons. The van der Waals surface area contributed by atoms with Gasteiger partial charge in [-0.1, -0.05) is 33.3 Å². The topological polar surface area (TPSA) is 49.2 Å². The molecule has 0 fully saturated rings. The Morgan fingerprint density at radius 3 is 2.70 bits per heavy atom. The zero-order valence-electron chi connectivity index (χ0n) is 12.5. The number of alkyl halides is 1. The summed E-state index contributed by atoms with van der Waals surface area (Å²) in [6, 6.07) is 8.25. The van der Waals surface area contributed by atoms with Crippen molar-refractivity contribution in [1.82, 2.24) is 5.01 Å². The predicted octanol–water partition coefficient (Wildman–Crippen LogP) is 3.93. The number of hydrogen-bond acceptors (Lipinski definition) is 4. The third-order valence-corrected chi connectivity index (χ3v) is 2.94. The molecule has 0 saturated carbocycles. The lowest BCUT2D eigenvalue weighted by molar-refractivity contribution is 0.314. The van der Waals surface area contributed by atoms with Crippen molar-refractivity contribution in [2.75, 3.05) is 26.0 Å². The normalized spacial score (nSPS) is 14.1. The van der Waals surface area contributed by atoms with E-state index in [1.54, 1.807) is 7.11 Å². The van der Waals surface area contributed by atoms with Crippen molar-refractivity contribution in [3.8, 4) is 5.75 Å². The molecule has 0 aliphatic heterocycles. The molecule has 6 heteroatoms. The highest BCUT2D eigenvalue weighted by Gasteiger charge is 2.07. The molecule has 0 bridgehead atoms. The number of nitrogens with one attached hydrogen (secondary N) is 1. The molecule has 0 spiro atoms. The molecular formula is C14H23BrN4O. The van der Waals surface area contributed by atoms with Crippen molar-refractivity contribution in [3.63, 3.8) is 0 Å². The Morgan fingerprint density at radius 2 is 2.05 bits per heavy atom. The first-order chi connectivity index (χ1) is 9.52. The van der Waals surface area contributed by atoms with Crippen LogP contribution in [0.1, 0.15) is 20.3 Å². The van der Waals surface area contributed by atoms with Crippen molar-refractivity contribution in [1.29, 1.82) is 0 Å². The number of anilines is 1. The standard InChI is InChI=1S/C14H23BrN4O/c1-11(9-10-19(3)18-17-12(2)15)16-13-7-5-6-8-14(13)20-4/h5-8,11-12,16H,9-10H2,1-4H3. The maximum absolute atomic E-state index is 5.33. The molecule has 5 nitrogen and oxygen atoms in total. The van der Waals surface area contributed by atoms with Crippen LogP contribution in [0.3, 0.4) is 0 Å². The number of halogens is 1. The Hall–Kier alpha value is -1.30. The SMILES string of the molecule is COc1ccccc1NC(C)CCN(C)N=NC(C)Br. The van der Waals surface area contributed by atoms with Crippen LogP contribution in [0.4, 0.5) is 5.69 Å². The summed E-state index contributed by atoms with van der Waals surface area (Å²) in [4.78, 5) is 0.0501. The van der Waals surface area contributed by atoms with Crippen molar-refractivity contribution in [3.05, 3.63) is 24.3 Å². The van der Waals surface area contributed by atoms with Gasteiger partial charge in [0.2, 0.25) is 0 Å². The first kappa shape index (κ1) is 16.8. The number of ether oxygens (including phenoxy) is 1. The van der Waals surface area contributed by atoms with Gasteiger partial charge in [0.05, 0.1) is 12.8 Å². The van der Waals surface area contributed by atoms with Crippen molar-refractivity contribution >= 4 is 21.6 Å². The van der Waals surface area contributed by atoms with E-state index in [1.165, 1.54) is 0 Å². The Morgan fingerprint density at radius 1 is 1.35 bits per heavy atom. The van der Waals surface area contributed by atoms with Gasteiger partial charge < -0.3 is 10.1 Å². The summed E-state index contributed by atoms with van der Waals surface area (Å²) in [6.07, 6.45) is 0.963. The maximum atomic E-state index is 5.33. The van der Waals surface area contributed by atoms with E-state index in [0.717, 1.165) is 24.4 Å². The molecule has 1 rings (SSSR count). The average molecular weight is 343 g/mol. The van der Waals surface area contributed by atoms with E-state index in [1.807, 2.05) is 43.2 Å². The number of para-hydroxylation sites is 2. The summed E-state index contributed by atoms with van der Waals surface area (Å²) >= 11 is 3.33. The number of benzene rings is 1. The third-order valence-electron chi connectivity index (χ3n) is 2.76. The van der Waals surface area contributed by atoms with Gasteiger partial charge in [0, 0.05) is 19.6 Å². The third kappa shape index (κ3) is 6.23. The van der Waals surface area contributed by atoms with Crippen LogP contribution in [0, 0.1) is 0 Å². The summed E-state index contributed by atoms with van der Waals surface area (Å²) in [6.45, 7) is 4.92. The summed E-state index contributed by atoms with van der Waals surface area (Å²) in [5.74, 6) is 0.862. The molecule has 0 heterocycles. The number of rotatable bonds is 8. The Balaban J connectivity index is 2.42. The molecule has 1 N–H and O–H groups in total. The first-order valence-corrected chi connectivity index (χ1v) is 7.60. The molecule has 2 unspecified atom stereocenters. The average Bonchev–Trinajstić information content (AvgIpc) is 2.43. The summed E-state index contributed by atoms with van der Waals surface area (Å²) in [7, 11) is 3.61. The molecule has 20 heavy (non-hydrogen) atoms. The molecule has 2 atom stereocenters. The van der Waals surface area contributed by atoms with Crippen LogP contribution >= 0.6 is 15.9 Å². The van der Waals surface area contributed by atoms with E-state index < -0.39 is 0 Å². The minimum Gasteiger partial charge on any atom is -0.495 e. The second-order valence-corrected chi connectivity index (χ2v) is 6.02. The largest absolute Gasteiger partial charge is 0.495 e. The second kappa shape index (κ2) is 8.79. The molecule has 1 aromatic rings. The fourth-order valence-corrected chi connectivity index (χ4v) is 1.77. The van der Waals surface area contributed by atoms with E-state index in [-0.39, 0.29) is 4.95 Å². The number of methoxy groups -OCH3 is 1. The zero-order chi connectivity index (χ0) is 15.0. The molecular weight excluding hydrogens is 320 g/mol. The summed E-state index contributed by atoms with van der Waals surface area (Å²) in [5, 5.41) is 13.4. The van der Waals surface area contributed by atoms with E-state index >= 15 is 0 Å². The maximum Gasteiger partial charge on any atom is 0.141 e. The number of nitrogens with zero attached hydrogens (tertiary/aromatic N) is 3. The van der Waals surface area contributed by atoms with E-state index in [9.17, 15) is 0 Å². The Labute approximate surface area is 129 Å². The molecule has 1 aromatic carbocycles. The molecule has 0 aliphatic carbocycles. The quantitative estimate of drug-likeness (QED) is 0.337. The lowest BCUT2D eigenvalue weighted by atomic mass is 10.2. The van der Waals surface area contributed by atoms with Gasteiger partial charge in [-0.25, -0.2) is 0 Å². The lowest BCUT2D eigenvalue weighted by Gasteiger charge is -2.19. The van der Waals surface area contributed by atoms with Crippen molar-refractivity contribution < 1.29 is 4.74 Å². The van der Waals surface area contributed by atoms with Gasteiger partial charge in [-0.15, -0.1) is 0 Å². The summed E-state index contributed by atoms with van der Waals surface area (Å²) < 4.78 is 5.33. The van der Waals surface area contributed by atoms with Crippen LogP contribution in [0.5, 0.6) is 5.75 Å². The highest BCUT2D eigenvalue weighted by atomic mass is 79.9. The van der Waals surface area contributed by atoms with Gasteiger partial charge in [0.1, 0.15) is 10.7 Å². The van der Waals surface area contributed by atoms with Crippen LogP contribution in [0.25, 0.3) is 0 Å². The minimum absolute atomic E-state index is 0.0501. The highest BCUT2D eigenvalue weighted by molar-refractivity contribution is 9.09. The van der Waals surface area contributed by atoms with Crippen LogP contribution < -0.4 is 10.1 Å². The van der Waals surface area contributed by atoms with Gasteiger partial charge in [0.15, 0.2) is 0 Å².